The van der Waals surface area contributed by atoms with Crippen LogP contribution < -0.4 is 10.4 Å². The lowest BCUT2D eigenvalue weighted by molar-refractivity contribution is 0.564. The summed E-state index contributed by atoms with van der Waals surface area (Å²) in [6, 6.07) is 1.20. The summed E-state index contributed by atoms with van der Waals surface area (Å²) in [7, 11) is 0. The number of pyridine rings is 1. The maximum atomic E-state index is 10.2. The van der Waals surface area contributed by atoms with Gasteiger partial charge in [-0.05, 0) is 6.07 Å². The molecule has 0 spiro atoms. The molecule has 5 heteroatoms. The Labute approximate surface area is 76.9 Å². The van der Waals surface area contributed by atoms with Crippen LogP contribution in [0.15, 0.2) is 6.07 Å². The highest BCUT2D eigenvalue weighted by molar-refractivity contribution is 6.32. The van der Waals surface area contributed by atoms with E-state index in [2.05, 4.69) is 4.98 Å². The van der Waals surface area contributed by atoms with Gasteiger partial charge in [0.25, 0.3) is 0 Å². The summed E-state index contributed by atoms with van der Waals surface area (Å²) < 4.78 is 0. The average Bonchev–Trinajstić information content (AvgIpc) is 2.03. The molecule has 1 rings (SSSR count). The molecule has 0 N–H and O–H groups in total. The van der Waals surface area contributed by atoms with E-state index in [1.807, 2.05) is 0 Å². The fourth-order valence-corrected chi connectivity index (χ4v) is 1.13. The molecule has 0 radical (unpaired) electrons. The van der Waals surface area contributed by atoms with Gasteiger partial charge in [0.2, 0.25) is 0 Å². The SMILES string of the molecule is O=C=c1cc(Cl)nc(Cl)c1=C=O. The molecule has 0 aromatic carbocycles. The molecule has 0 bridgehead atoms. The van der Waals surface area contributed by atoms with Crippen molar-refractivity contribution in [3.63, 3.8) is 0 Å². The monoisotopic (exact) mass is 201 g/mol. The van der Waals surface area contributed by atoms with E-state index in [0.717, 1.165) is 0 Å². The fourth-order valence-electron chi connectivity index (χ4n) is 0.662. The normalized spacial score (nSPS) is 8.83. The van der Waals surface area contributed by atoms with Crippen LogP contribution in [0.2, 0.25) is 10.3 Å². The van der Waals surface area contributed by atoms with Crippen molar-refractivity contribution < 1.29 is 9.59 Å². The minimum absolute atomic E-state index is 0.0324. The van der Waals surface area contributed by atoms with Crippen LogP contribution in [0, 0.1) is 0 Å². The minimum Gasteiger partial charge on any atom is -0.233 e. The number of hydrogen-bond acceptors (Lipinski definition) is 3. The largest absolute Gasteiger partial charge is 0.233 e. The zero-order valence-corrected chi connectivity index (χ0v) is 7.11. The van der Waals surface area contributed by atoms with E-state index in [1.165, 1.54) is 17.9 Å². The van der Waals surface area contributed by atoms with E-state index in [-0.39, 0.29) is 20.7 Å². The van der Waals surface area contributed by atoms with Crippen molar-refractivity contribution in [2.24, 2.45) is 0 Å². The van der Waals surface area contributed by atoms with Gasteiger partial charge < -0.3 is 0 Å². The van der Waals surface area contributed by atoms with Crippen LogP contribution in [0.3, 0.4) is 0 Å². The molecule has 0 unspecified atom stereocenters. The van der Waals surface area contributed by atoms with Crippen LogP contribution in [-0.4, -0.2) is 16.9 Å². The molecule has 0 atom stereocenters. The van der Waals surface area contributed by atoms with Gasteiger partial charge in [-0.25, -0.2) is 14.6 Å². The second-order valence-corrected chi connectivity index (χ2v) is 2.61. The topological polar surface area (TPSA) is 47.0 Å². The molecule has 0 aliphatic heterocycles. The van der Waals surface area contributed by atoms with Crippen LogP contribution in [0.4, 0.5) is 0 Å². The highest BCUT2D eigenvalue weighted by Gasteiger charge is 1.99. The Morgan fingerprint density at radius 3 is 2.42 bits per heavy atom. The summed E-state index contributed by atoms with van der Waals surface area (Å²) in [6.07, 6.45) is 0. The fraction of sp³-hybridized carbons (Fsp3) is 0. The smallest absolute Gasteiger partial charge is 0.150 e. The third kappa shape index (κ3) is 1.55. The van der Waals surface area contributed by atoms with Crippen LogP contribution in [-0.2, 0) is 9.59 Å². The minimum atomic E-state index is -0.143. The predicted molar refractivity (Wildman–Crippen MR) is 43.1 cm³/mol. The number of hydrogen-bond donors (Lipinski definition) is 0. The van der Waals surface area contributed by atoms with Gasteiger partial charge in [-0.1, -0.05) is 23.2 Å². The van der Waals surface area contributed by atoms with Gasteiger partial charge in [0.15, 0.2) is 0 Å². The van der Waals surface area contributed by atoms with Crippen molar-refractivity contribution in [1.29, 1.82) is 0 Å². The first-order chi connectivity index (χ1) is 5.69. The Hall–Kier alpha value is -1.11. The number of carbonyl (C=O) groups excluding carboxylic acids is 2. The molecule has 0 amide bonds. The number of nitrogens with zero attached hydrogens (tertiary/aromatic N) is 1. The second-order valence-electron chi connectivity index (χ2n) is 1.86. The number of rotatable bonds is 0. The highest BCUT2D eigenvalue weighted by Crippen LogP contribution is 2.00. The highest BCUT2D eigenvalue weighted by atomic mass is 35.5. The third-order valence-electron chi connectivity index (χ3n) is 1.16. The molecule has 60 valence electrons. The molecular formula is C7HCl2NO2. The Morgan fingerprint density at radius 2 is 1.92 bits per heavy atom. The third-order valence-corrected chi connectivity index (χ3v) is 1.62. The molecule has 0 aliphatic carbocycles. The Morgan fingerprint density at radius 1 is 1.25 bits per heavy atom. The van der Waals surface area contributed by atoms with Crippen molar-refractivity contribution in [2.75, 3.05) is 0 Å². The van der Waals surface area contributed by atoms with Crippen molar-refractivity contribution in [3.05, 3.63) is 26.8 Å². The molecule has 1 aromatic rings. The zero-order chi connectivity index (χ0) is 9.14. The summed E-state index contributed by atoms with van der Waals surface area (Å²) in [5.74, 6) is 2.98. The first kappa shape index (κ1) is 8.98. The molecule has 0 aliphatic rings. The molecule has 1 heterocycles. The predicted octanol–water partition coefficient (Wildman–Crippen LogP) is -0.605. The summed E-state index contributed by atoms with van der Waals surface area (Å²) in [5.41, 5.74) is 0. The maximum absolute atomic E-state index is 10.2. The molecule has 0 saturated carbocycles. The lowest BCUT2D eigenvalue weighted by Gasteiger charge is -1.88. The van der Waals surface area contributed by atoms with E-state index in [4.69, 9.17) is 23.2 Å². The van der Waals surface area contributed by atoms with E-state index in [9.17, 15) is 9.59 Å². The first-order valence-electron chi connectivity index (χ1n) is 2.81. The number of aromatic nitrogens is 1. The van der Waals surface area contributed by atoms with Crippen LogP contribution in [0.5, 0.6) is 0 Å². The molecule has 12 heavy (non-hydrogen) atoms. The van der Waals surface area contributed by atoms with E-state index in [0.29, 0.717) is 0 Å². The summed E-state index contributed by atoms with van der Waals surface area (Å²) in [6.45, 7) is 0. The summed E-state index contributed by atoms with van der Waals surface area (Å²) >= 11 is 10.9. The molecule has 0 saturated heterocycles. The second kappa shape index (κ2) is 3.53. The Balaban J connectivity index is 3.95. The van der Waals surface area contributed by atoms with Gasteiger partial charge in [-0.2, -0.15) is 0 Å². The van der Waals surface area contributed by atoms with E-state index < -0.39 is 0 Å². The van der Waals surface area contributed by atoms with Gasteiger partial charge in [0.1, 0.15) is 27.4 Å². The van der Waals surface area contributed by atoms with Crippen LogP contribution >= 0.6 is 23.2 Å². The van der Waals surface area contributed by atoms with Gasteiger partial charge in [-0.15, -0.1) is 0 Å². The van der Waals surface area contributed by atoms with Crippen LogP contribution in [0.25, 0.3) is 0 Å². The quantitative estimate of drug-likeness (QED) is 0.527. The van der Waals surface area contributed by atoms with Gasteiger partial charge in [0, 0.05) is 0 Å². The summed E-state index contributed by atoms with van der Waals surface area (Å²) in [5, 5.41) is -0.251. The van der Waals surface area contributed by atoms with Gasteiger partial charge >= 0.3 is 0 Å². The lowest BCUT2D eigenvalue weighted by Crippen LogP contribution is -2.29. The van der Waals surface area contributed by atoms with Crippen molar-refractivity contribution >= 4 is 35.1 Å². The maximum Gasteiger partial charge on any atom is 0.150 e. The molecule has 0 fully saturated rings. The Bertz CT molecular complexity index is 473. The molecule has 3 nitrogen and oxygen atoms in total. The van der Waals surface area contributed by atoms with Crippen molar-refractivity contribution in [1.82, 2.24) is 4.98 Å². The van der Waals surface area contributed by atoms with Crippen molar-refractivity contribution in [3.8, 4) is 0 Å². The Kier molecular flexibility index (Phi) is 2.64. The zero-order valence-electron chi connectivity index (χ0n) is 5.60. The van der Waals surface area contributed by atoms with E-state index in [1.54, 1.807) is 0 Å². The standard InChI is InChI=1S/C7HCl2NO2/c8-6-1-4(2-11)5(3-12)7(9)10-6/h1H. The van der Waals surface area contributed by atoms with E-state index >= 15 is 0 Å². The average molecular weight is 202 g/mol. The lowest BCUT2D eigenvalue weighted by atomic mass is 10.3. The first-order valence-corrected chi connectivity index (χ1v) is 3.57. The van der Waals surface area contributed by atoms with Gasteiger partial charge in [-0.3, -0.25) is 0 Å². The van der Waals surface area contributed by atoms with Gasteiger partial charge in [0.05, 0.1) is 5.22 Å². The summed E-state index contributed by atoms with van der Waals surface area (Å²) in [4.78, 5) is 24.0. The molecular weight excluding hydrogens is 201 g/mol. The number of halogens is 2. The van der Waals surface area contributed by atoms with Crippen molar-refractivity contribution in [2.45, 2.75) is 0 Å². The van der Waals surface area contributed by atoms with Crippen LogP contribution in [0.1, 0.15) is 0 Å². The molecule has 1 aromatic heterocycles.